The van der Waals surface area contributed by atoms with Gasteiger partial charge in [-0.25, -0.2) is 4.39 Å². The van der Waals surface area contributed by atoms with Gasteiger partial charge in [0.05, 0.1) is 9.92 Å². The van der Waals surface area contributed by atoms with Crippen molar-refractivity contribution in [3.63, 3.8) is 0 Å². The van der Waals surface area contributed by atoms with E-state index >= 15 is 0 Å². The Balaban J connectivity index is 3.21. The molecule has 0 saturated heterocycles. The summed E-state index contributed by atoms with van der Waals surface area (Å²) in [7, 11) is 0. The van der Waals surface area contributed by atoms with E-state index in [2.05, 4.69) is 15.9 Å². The Labute approximate surface area is 80.9 Å². The van der Waals surface area contributed by atoms with Gasteiger partial charge in [-0.15, -0.1) is 0 Å². The van der Waals surface area contributed by atoms with E-state index in [-0.39, 0.29) is 4.90 Å². The molecule has 1 nitrogen and oxygen atoms in total. The van der Waals surface area contributed by atoms with Crippen LogP contribution in [0.3, 0.4) is 0 Å². The largest absolute Gasteiger partial charge is 0.325 e. The molecule has 11 heavy (non-hydrogen) atoms. The number of hydrogen-bond donors (Lipinski definition) is 1. The van der Waals surface area contributed by atoms with Gasteiger partial charge in [0.15, 0.2) is 0 Å². The summed E-state index contributed by atoms with van der Waals surface area (Å²) in [5.74, 6) is -0.492. The molecule has 0 unspecified atom stereocenters. The highest BCUT2D eigenvalue weighted by Crippen LogP contribution is 2.29. The van der Waals surface area contributed by atoms with Crippen LogP contribution in [0.25, 0.3) is 0 Å². The van der Waals surface area contributed by atoms with Gasteiger partial charge in [0.2, 0.25) is 0 Å². The van der Waals surface area contributed by atoms with E-state index in [0.717, 1.165) is 0 Å². The molecule has 1 N–H and O–H groups in total. The molecule has 5 heteroatoms. The summed E-state index contributed by atoms with van der Waals surface area (Å²) in [5, 5.41) is 0.378. The third-order valence-electron chi connectivity index (χ3n) is 1.07. The van der Waals surface area contributed by atoms with Crippen LogP contribution in [0.4, 0.5) is 4.39 Å². The minimum Gasteiger partial charge on any atom is -0.325 e. The maximum atomic E-state index is 12.8. The molecular formula is C6H3BrClFOS. The van der Waals surface area contributed by atoms with Crippen molar-refractivity contribution in [3.8, 4) is 0 Å². The van der Waals surface area contributed by atoms with E-state index in [1.807, 2.05) is 0 Å². The highest BCUT2D eigenvalue weighted by atomic mass is 79.9. The Bertz CT molecular complexity index is 282. The smallest absolute Gasteiger partial charge is 0.140 e. The summed E-state index contributed by atoms with van der Waals surface area (Å²) < 4.78 is 21.8. The summed E-state index contributed by atoms with van der Waals surface area (Å²) in [6, 6.07) is 2.56. The Hall–Kier alpha value is 0.230. The van der Waals surface area contributed by atoms with Gasteiger partial charge in [0.1, 0.15) is 5.82 Å². The van der Waals surface area contributed by atoms with Crippen molar-refractivity contribution in [1.29, 1.82) is 0 Å². The van der Waals surface area contributed by atoms with Crippen molar-refractivity contribution in [2.24, 2.45) is 0 Å². The second-order valence-electron chi connectivity index (χ2n) is 1.79. The van der Waals surface area contributed by atoms with Gasteiger partial charge in [0.25, 0.3) is 0 Å². The molecule has 0 heterocycles. The average molecular weight is 258 g/mol. The fourth-order valence-electron chi connectivity index (χ4n) is 0.574. The van der Waals surface area contributed by atoms with Gasteiger partial charge in [0, 0.05) is 16.5 Å². The maximum Gasteiger partial charge on any atom is 0.140 e. The highest BCUT2D eigenvalue weighted by molar-refractivity contribution is 9.10. The minimum atomic E-state index is -0.492. The SMILES string of the molecule is OSc1cc(Cl)c(Br)cc1F. The quantitative estimate of drug-likeness (QED) is 0.610. The van der Waals surface area contributed by atoms with Crippen LogP contribution in [0.5, 0.6) is 0 Å². The van der Waals surface area contributed by atoms with Crippen LogP contribution in [-0.2, 0) is 0 Å². The Morgan fingerprint density at radius 1 is 1.55 bits per heavy atom. The molecule has 0 fully saturated rings. The van der Waals surface area contributed by atoms with Crippen LogP contribution in [0.2, 0.25) is 5.02 Å². The van der Waals surface area contributed by atoms with Crippen molar-refractivity contribution >= 4 is 39.6 Å². The number of halogens is 3. The van der Waals surface area contributed by atoms with E-state index in [4.69, 9.17) is 16.2 Å². The first kappa shape index (κ1) is 9.32. The van der Waals surface area contributed by atoms with Crippen molar-refractivity contribution in [2.45, 2.75) is 4.90 Å². The van der Waals surface area contributed by atoms with E-state index in [1.54, 1.807) is 0 Å². The first-order chi connectivity index (χ1) is 5.15. The van der Waals surface area contributed by atoms with Gasteiger partial charge in [-0.2, -0.15) is 0 Å². The third kappa shape index (κ3) is 2.08. The standard InChI is InChI=1S/C6H3BrClFOS/c7-3-1-5(9)6(11-10)2-4(3)8/h1-2,10H. The average Bonchev–Trinajstić information content (AvgIpc) is 1.97. The van der Waals surface area contributed by atoms with E-state index in [1.165, 1.54) is 12.1 Å². The van der Waals surface area contributed by atoms with E-state index in [0.29, 0.717) is 21.5 Å². The molecule has 0 bridgehead atoms. The second kappa shape index (κ2) is 3.76. The van der Waals surface area contributed by atoms with Crippen molar-refractivity contribution in [2.75, 3.05) is 0 Å². The maximum absolute atomic E-state index is 12.8. The van der Waals surface area contributed by atoms with Gasteiger partial charge < -0.3 is 4.55 Å². The fraction of sp³-hybridized carbons (Fsp3) is 0. The molecule has 0 aliphatic rings. The summed E-state index contributed by atoms with van der Waals surface area (Å²) in [4.78, 5) is 0.123. The van der Waals surface area contributed by atoms with Crippen LogP contribution >= 0.6 is 39.6 Å². The van der Waals surface area contributed by atoms with Gasteiger partial charge in [-0.3, -0.25) is 0 Å². The van der Waals surface area contributed by atoms with Gasteiger partial charge in [-0.1, -0.05) is 11.6 Å². The van der Waals surface area contributed by atoms with Gasteiger partial charge in [-0.05, 0) is 28.1 Å². The molecule has 0 aliphatic heterocycles. The van der Waals surface area contributed by atoms with E-state index < -0.39 is 5.82 Å². The predicted octanol–water partition coefficient (Wildman–Crippen LogP) is 3.81. The summed E-state index contributed by atoms with van der Waals surface area (Å²) >= 11 is 9.01. The fourth-order valence-corrected chi connectivity index (χ4v) is 1.43. The summed E-state index contributed by atoms with van der Waals surface area (Å²) in [6.07, 6.45) is 0. The lowest BCUT2D eigenvalue weighted by Gasteiger charge is -1.99. The lowest BCUT2D eigenvalue weighted by atomic mass is 10.3. The monoisotopic (exact) mass is 256 g/mol. The molecule has 1 aromatic carbocycles. The Kier molecular flexibility index (Phi) is 3.18. The van der Waals surface area contributed by atoms with Crippen molar-refractivity contribution in [1.82, 2.24) is 0 Å². The first-order valence-corrected chi connectivity index (χ1v) is 4.55. The zero-order chi connectivity index (χ0) is 8.43. The molecule has 1 aromatic rings. The molecule has 60 valence electrons. The molecule has 0 radical (unpaired) electrons. The topological polar surface area (TPSA) is 20.2 Å². The number of rotatable bonds is 1. The van der Waals surface area contributed by atoms with Crippen LogP contribution in [0.1, 0.15) is 0 Å². The molecule has 0 aromatic heterocycles. The first-order valence-electron chi connectivity index (χ1n) is 2.61. The molecule has 0 amide bonds. The van der Waals surface area contributed by atoms with E-state index in [9.17, 15) is 4.39 Å². The van der Waals surface area contributed by atoms with Crippen LogP contribution in [0.15, 0.2) is 21.5 Å². The molecule has 0 aliphatic carbocycles. The zero-order valence-electron chi connectivity index (χ0n) is 5.14. The summed E-state index contributed by atoms with van der Waals surface area (Å²) in [6.45, 7) is 0. The highest BCUT2D eigenvalue weighted by Gasteiger charge is 2.06. The lowest BCUT2D eigenvalue weighted by Crippen LogP contribution is -1.80. The van der Waals surface area contributed by atoms with Crippen molar-refractivity contribution < 1.29 is 8.94 Å². The number of hydrogen-bond acceptors (Lipinski definition) is 2. The van der Waals surface area contributed by atoms with Crippen LogP contribution < -0.4 is 0 Å². The zero-order valence-corrected chi connectivity index (χ0v) is 8.30. The molecule has 0 spiro atoms. The number of benzene rings is 1. The van der Waals surface area contributed by atoms with Gasteiger partial charge >= 0.3 is 0 Å². The molecule has 0 saturated carbocycles. The third-order valence-corrected chi connectivity index (χ3v) is 2.78. The molecule has 1 rings (SSSR count). The van der Waals surface area contributed by atoms with Crippen LogP contribution in [-0.4, -0.2) is 4.55 Å². The summed E-state index contributed by atoms with van der Waals surface area (Å²) in [5.41, 5.74) is 0. The van der Waals surface area contributed by atoms with Crippen LogP contribution in [0, 0.1) is 5.82 Å². The molecule has 0 atom stereocenters. The normalized spacial score (nSPS) is 10.2. The molecular weight excluding hydrogens is 254 g/mol. The Morgan fingerprint density at radius 2 is 2.18 bits per heavy atom. The Morgan fingerprint density at radius 3 is 2.73 bits per heavy atom. The predicted molar refractivity (Wildman–Crippen MR) is 47.6 cm³/mol. The van der Waals surface area contributed by atoms with Crippen molar-refractivity contribution in [3.05, 3.63) is 27.4 Å². The minimum absolute atomic E-state index is 0.123. The second-order valence-corrected chi connectivity index (χ2v) is 3.67. The lowest BCUT2D eigenvalue weighted by molar-refractivity contribution is 0.590.